The maximum atomic E-state index is 13.3. The Kier molecular flexibility index (Phi) is 8.51. The fourth-order valence-electron chi connectivity index (χ4n) is 3.79. The Hall–Kier alpha value is -3.12. The molecule has 3 aromatic rings. The number of hydrogen-bond donors (Lipinski definition) is 2. The highest BCUT2D eigenvalue weighted by molar-refractivity contribution is 6.30. The summed E-state index contributed by atoms with van der Waals surface area (Å²) in [5, 5.41) is 17.8. The number of hydrogen-bond acceptors (Lipinski definition) is 5. The quantitative estimate of drug-likeness (QED) is 0.315. The molecule has 0 aliphatic heterocycles. The van der Waals surface area contributed by atoms with Gasteiger partial charge in [-0.1, -0.05) is 74.4 Å². The van der Waals surface area contributed by atoms with E-state index in [1.165, 1.54) is 0 Å². The van der Waals surface area contributed by atoms with Crippen LogP contribution in [0.2, 0.25) is 5.02 Å². The van der Waals surface area contributed by atoms with E-state index < -0.39 is 12.0 Å². The van der Waals surface area contributed by atoms with E-state index in [1.807, 2.05) is 75.4 Å². The first-order chi connectivity index (χ1) is 16.1. The average molecular weight is 482 g/mol. The third-order valence-electron chi connectivity index (χ3n) is 5.66. The molecule has 6 nitrogen and oxygen atoms in total. The SMILES string of the molecule is C=C(O)C[C@@H](CCCc1ccc(Cl)cc1)C(=O)N[C@@H](c1noc(-c2ccccc2)n1)C(C)(C)C. The monoisotopic (exact) mass is 481 g/mol. The van der Waals surface area contributed by atoms with Crippen LogP contribution in [0.25, 0.3) is 11.5 Å². The third-order valence-corrected chi connectivity index (χ3v) is 5.91. The summed E-state index contributed by atoms with van der Waals surface area (Å²) in [5.74, 6) is 0.224. The summed E-state index contributed by atoms with van der Waals surface area (Å²) in [6, 6.07) is 16.7. The molecule has 34 heavy (non-hydrogen) atoms. The summed E-state index contributed by atoms with van der Waals surface area (Å²) >= 11 is 5.96. The van der Waals surface area contributed by atoms with Crippen LogP contribution in [-0.2, 0) is 11.2 Å². The highest BCUT2D eigenvalue weighted by atomic mass is 35.5. The van der Waals surface area contributed by atoms with Crippen molar-refractivity contribution in [2.75, 3.05) is 0 Å². The normalized spacial score (nSPS) is 13.3. The van der Waals surface area contributed by atoms with Crippen LogP contribution in [0.5, 0.6) is 0 Å². The molecule has 0 spiro atoms. The van der Waals surface area contributed by atoms with Gasteiger partial charge in [0.15, 0.2) is 5.82 Å². The number of nitrogens with one attached hydrogen (secondary N) is 1. The number of rotatable bonds is 10. The number of aliphatic hydroxyl groups excluding tert-OH is 1. The molecule has 2 aromatic carbocycles. The number of amides is 1. The Morgan fingerprint density at radius 1 is 1.15 bits per heavy atom. The molecule has 1 aromatic heterocycles. The van der Waals surface area contributed by atoms with Crippen molar-refractivity contribution >= 4 is 17.5 Å². The van der Waals surface area contributed by atoms with E-state index in [-0.39, 0.29) is 23.5 Å². The van der Waals surface area contributed by atoms with Crippen molar-refractivity contribution in [3.63, 3.8) is 0 Å². The molecule has 2 N–H and O–H groups in total. The van der Waals surface area contributed by atoms with Gasteiger partial charge in [-0.05, 0) is 54.5 Å². The van der Waals surface area contributed by atoms with Crippen molar-refractivity contribution in [2.45, 2.75) is 52.5 Å². The van der Waals surface area contributed by atoms with Gasteiger partial charge in [-0.3, -0.25) is 4.79 Å². The fraction of sp³-hybridized carbons (Fsp3) is 0.370. The minimum absolute atomic E-state index is 0.00937. The van der Waals surface area contributed by atoms with Crippen LogP contribution in [0.4, 0.5) is 0 Å². The van der Waals surface area contributed by atoms with Crippen molar-refractivity contribution < 1.29 is 14.4 Å². The van der Waals surface area contributed by atoms with Crippen molar-refractivity contribution in [3.05, 3.63) is 83.3 Å². The molecule has 3 rings (SSSR count). The number of carbonyl (C=O) groups excluding carboxylic acids is 1. The van der Waals surface area contributed by atoms with Crippen molar-refractivity contribution in [1.82, 2.24) is 15.5 Å². The first-order valence-corrected chi connectivity index (χ1v) is 11.8. The molecule has 0 radical (unpaired) electrons. The number of nitrogens with zero attached hydrogens (tertiary/aromatic N) is 2. The van der Waals surface area contributed by atoms with Crippen LogP contribution < -0.4 is 5.32 Å². The summed E-state index contributed by atoms with van der Waals surface area (Å²) < 4.78 is 5.48. The van der Waals surface area contributed by atoms with Gasteiger partial charge in [-0.15, -0.1) is 0 Å². The van der Waals surface area contributed by atoms with Crippen LogP contribution in [0.15, 0.2) is 71.5 Å². The number of benzene rings is 2. The van der Waals surface area contributed by atoms with Gasteiger partial charge < -0.3 is 14.9 Å². The zero-order valence-electron chi connectivity index (χ0n) is 19.9. The number of aromatic nitrogens is 2. The molecule has 2 atom stereocenters. The highest BCUT2D eigenvalue weighted by Gasteiger charge is 2.34. The Balaban J connectivity index is 1.71. The Morgan fingerprint density at radius 2 is 1.82 bits per heavy atom. The van der Waals surface area contributed by atoms with Gasteiger partial charge in [-0.2, -0.15) is 4.98 Å². The lowest BCUT2D eigenvalue weighted by molar-refractivity contribution is -0.127. The Bertz CT molecular complexity index is 1090. The van der Waals surface area contributed by atoms with Gasteiger partial charge in [0, 0.05) is 22.9 Å². The third kappa shape index (κ3) is 7.19. The predicted octanol–water partition coefficient (Wildman–Crippen LogP) is 6.69. The summed E-state index contributed by atoms with van der Waals surface area (Å²) in [5.41, 5.74) is 1.61. The van der Waals surface area contributed by atoms with Crippen molar-refractivity contribution in [3.8, 4) is 11.5 Å². The minimum Gasteiger partial charge on any atom is -0.513 e. The molecular formula is C27H32ClN3O3. The smallest absolute Gasteiger partial charge is 0.257 e. The van der Waals surface area contributed by atoms with Crippen LogP contribution in [-0.4, -0.2) is 21.2 Å². The van der Waals surface area contributed by atoms with Crippen molar-refractivity contribution in [2.24, 2.45) is 11.3 Å². The second-order valence-corrected chi connectivity index (χ2v) is 10.1. The number of carbonyl (C=O) groups is 1. The highest BCUT2D eigenvalue weighted by Crippen LogP contribution is 2.33. The maximum Gasteiger partial charge on any atom is 0.257 e. The van der Waals surface area contributed by atoms with Crippen LogP contribution >= 0.6 is 11.6 Å². The standard InChI is InChI=1S/C27H32ClN3O3/c1-18(32)17-21(12-8-9-19-13-15-22(28)16-14-19)25(33)29-23(27(2,3)4)24-30-26(34-31-24)20-10-6-5-7-11-20/h5-7,10-11,13-16,21,23,32H,1,8-9,12,17H2,2-4H3,(H,29,33)/t21-,23+/m1/s1. The number of allylic oxidation sites excluding steroid dienone is 1. The molecule has 0 fully saturated rings. The molecule has 0 saturated heterocycles. The second-order valence-electron chi connectivity index (χ2n) is 9.62. The van der Waals surface area contributed by atoms with Gasteiger partial charge in [0.2, 0.25) is 5.91 Å². The first kappa shape index (κ1) is 25.5. The summed E-state index contributed by atoms with van der Waals surface area (Å²) in [4.78, 5) is 17.9. The predicted molar refractivity (Wildman–Crippen MR) is 134 cm³/mol. The first-order valence-electron chi connectivity index (χ1n) is 11.4. The minimum atomic E-state index is -0.466. The lowest BCUT2D eigenvalue weighted by Gasteiger charge is -2.30. The van der Waals surface area contributed by atoms with Crippen LogP contribution in [0.3, 0.4) is 0 Å². The molecule has 0 unspecified atom stereocenters. The van der Waals surface area contributed by atoms with E-state index in [0.717, 1.165) is 24.0 Å². The van der Waals surface area contributed by atoms with E-state index in [4.69, 9.17) is 16.1 Å². The maximum absolute atomic E-state index is 13.3. The average Bonchev–Trinajstić information content (AvgIpc) is 3.27. The van der Waals surface area contributed by atoms with E-state index in [9.17, 15) is 9.90 Å². The molecule has 0 aliphatic carbocycles. The largest absolute Gasteiger partial charge is 0.513 e. The van der Waals surface area contributed by atoms with Gasteiger partial charge in [-0.25, -0.2) is 0 Å². The lowest BCUT2D eigenvalue weighted by Crippen LogP contribution is -2.40. The van der Waals surface area contributed by atoms with Gasteiger partial charge >= 0.3 is 0 Å². The summed E-state index contributed by atoms with van der Waals surface area (Å²) in [6.45, 7) is 9.63. The number of aliphatic hydroxyl groups is 1. The van der Waals surface area contributed by atoms with Gasteiger partial charge in [0.05, 0.1) is 11.8 Å². The zero-order valence-corrected chi connectivity index (χ0v) is 20.7. The molecule has 1 heterocycles. The van der Waals surface area contributed by atoms with Crippen LogP contribution in [0.1, 0.15) is 57.5 Å². The molecule has 7 heteroatoms. The van der Waals surface area contributed by atoms with Gasteiger partial charge in [0.25, 0.3) is 5.89 Å². The van der Waals surface area contributed by atoms with Gasteiger partial charge in [0.1, 0.15) is 0 Å². The molecule has 0 bridgehead atoms. The number of halogens is 1. The fourth-order valence-corrected chi connectivity index (χ4v) is 3.92. The molecule has 1 amide bonds. The second kappa shape index (κ2) is 11.3. The van der Waals surface area contributed by atoms with E-state index in [0.29, 0.717) is 23.2 Å². The van der Waals surface area contributed by atoms with E-state index >= 15 is 0 Å². The Labute approximate surface area is 206 Å². The molecule has 0 aliphatic rings. The summed E-state index contributed by atoms with van der Waals surface area (Å²) in [7, 11) is 0. The molecule has 0 saturated carbocycles. The summed E-state index contributed by atoms with van der Waals surface area (Å²) in [6.07, 6.45) is 2.40. The molecule has 180 valence electrons. The van der Waals surface area contributed by atoms with Crippen LogP contribution in [0, 0.1) is 11.3 Å². The molecular weight excluding hydrogens is 450 g/mol. The van der Waals surface area contributed by atoms with Crippen molar-refractivity contribution in [1.29, 1.82) is 0 Å². The lowest BCUT2D eigenvalue weighted by atomic mass is 9.85. The zero-order chi connectivity index (χ0) is 24.7. The topological polar surface area (TPSA) is 88.2 Å². The Morgan fingerprint density at radius 3 is 2.44 bits per heavy atom. The van der Waals surface area contributed by atoms with E-state index in [1.54, 1.807) is 0 Å². The number of aryl methyl sites for hydroxylation is 1. The van der Waals surface area contributed by atoms with E-state index in [2.05, 4.69) is 22.0 Å².